The van der Waals surface area contributed by atoms with E-state index in [1.54, 1.807) is 19.2 Å². The Hall–Kier alpha value is -2.17. The first-order valence-electron chi connectivity index (χ1n) is 5.34. The Labute approximate surface area is 98.6 Å². The number of hydrogen-bond acceptors (Lipinski definition) is 3. The van der Waals surface area contributed by atoms with Crippen molar-refractivity contribution in [3.05, 3.63) is 36.5 Å². The van der Waals surface area contributed by atoms with Crippen molar-refractivity contribution >= 4 is 5.97 Å². The minimum absolute atomic E-state index is 0.341. The van der Waals surface area contributed by atoms with E-state index >= 15 is 0 Å². The molecule has 0 saturated heterocycles. The lowest BCUT2D eigenvalue weighted by Gasteiger charge is -2.05. The minimum Gasteiger partial charge on any atom is -0.481 e. The van der Waals surface area contributed by atoms with Crippen molar-refractivity contribution in [2.24, 2.45) is 5.92 Å². The van der Waals surface area contributed by atoms with Crippen LogP contribution in [0.4, 0.5) is 0 Å². The Bertz CT molecular complexity index is 508. The molecule has 2 N–H and O–H groups in total. The smallest absolute Gasteiger partial charge is 0.306 e. The van der Waals surface area contributed by atoms with Gasteiger partial charge in [-0.1, -0.05) is 6.92 Å². The molecular weight excluding hydrogens is 218 g/mol. The largest absolute Gasteiger partial charge is 0.481 e. The molecule has 0 spiro atoms. The normalized spacial score (nSPS) is 12.3. The molecule has 5 heteroatoms. The van der Waals surface area contributed by atoms with Gasteiger partial charge in [0.1, 0.15) is 5.82 Å². The topological polar surface area (TPSA) is 78.9 Å². The Morgan fingerprint density at radius 2 is 2.35 bits per heavy atom. The summed E-state index contributed by atoms with van der Waals surface area (Å²) in [6.45, 7) is 1.65. The third-order valence-corrected chi connectivity index (χ3v) is 2.51. The summed E-state index contributed by atoms with van der Waals surface area (Å²) in [7, 11) is 0. The second-order valence-corrected chi connectivity index (χ2v) is 3.90. The minimum atomic E-state index is -0.833. The van der Waals surface area contributed by atoms with E-state index in [2.05, 4.69) is 15.0 Å². The molecule has 88 valence electrons. The van der Waals surface area contributed by atoms with Crippen LogP contribution in [0, 0.1) is 5.92 Å². The van der Waals surface area contributed by atoms with Gasteiger partial charge in [0.25, 0.3) is 0 Å². The van der Waals surface area contributed by atoms with Gasteiger partial charge in [-0.2, -0.15) is 0 Å². The van der Waals surface area contributed by atoms with Crippen LogP contribution < -0.4 is 0 Å². The molecule has 0 radical (unpaired) electrons. The van der Waals surface area contributed by atoms with Crippen molar-refractivity contribution < 1.29 is 9.90 Å². The number of carboxylic acids is 1. The number of carboxylic acid groups (broad SMARTS) is 1. The van der Waals surface area contributed by atoms with Crippen LogP contribution in [-0.2, 0) is 11.2 Å². The summed E-state index contributed by atoms with van der Waals surface area (Å²) in [5.74, 6) is -0.754. The van der Waals surface area contributed by atoms with Gasteiger partial charge in [0.15, 0.2) is 0 Å². The van der Waals surface area contributed by atoms with Crippen LogP contribution in [0.1, 0.15) is 12.7 Å². The van der Waals surface area contributed by atoms with Crippen molar-refractivity contribution in [2.75, 3.05) is 0 Å². The van der Waals surface area contributed by atoms with Gasteiger partial charge in [-0.25, -0.2) is 9.97 Å². The van der Waals surface area contributed by atoms with Gasteiger partial charge in [0.05, 0.1) is 11.6 Å². The number of aromatic amines is 1. The highest BCUT2D eigenvalue weighted by atomic mass is 16.4. The molecule has 0 saturated carbocycles. The third kappa shape index (κ3) is 2.69. The molecule has 2 heterocycles. The zero-order valence-electron chi connectivity index (χ0n) is 9.42. The number of carbonyl (C=O) groups is 1. The Kier molecular flexibility index (Phi) is 3.18. The number of H-pyrrole nitrogens is 1. The Morgan fingerprint density at radius 3 is 3.00 bits per heavy atom. The van der Waals surface area contributed by atoms with Gasteiger partial charge in [-0.3, -0.25) is 4.79 Å². The zero-order valence-corrected chi connectivity index (χ0v) is 9.42. The second kappa shape index (κ2) is 4.78. The van der Waals surface area contributed by atoms with Crippen LogP contribution in [0.2, 0.25) is 0 Å². The Morgan fingerprint density at radius 1 is 1.53 bits per heavy atom. The predicted molar refractivity (Wildman–Crippen MR) is 62.3 cm³/mol. The zero-order chi connectivity index (χ0) is 12.3. The molecule has 0 bridgehead atoms. The number of rotatable bonds is 4. The van der Waals surface area contributed by atoms with Gasteiger partial charge < -0.3 is 10.1 Å². The summed E-state index contributed by atoms with van der Waals surface area (Å²) in [5.41, 5.74) is 1.77. The number of hydrogen-bond donors (Lipinski definition) is 2. The molecule has 0 amide bonds. The van der Waals surface area contributed by atoms with Crippen molar-refractivity contribution in [3.63, 3.8) is 0 Å². The average Bonchev–Trinajstić information content (AvgIpc) is 2.82. The Balaban J connectivity index is 2.20. The quantitative estimate of drug-likeness (QED) is 0.840. The van der Waals surface area contributed by atoms with E-state index in [9.17, 15) is 4.79 Å². The highest BCUT2D eigenvalue weighted by Gasteiger charge is 2.13. The fourth-order valence-electron chi connectivity index (χ4n) is 1.50. The van der Waals surface area contributed by atoms with Crippen LogP contribution in [0.5, 0.6) is 0 Å². The lowest BCUT2D eigenvalue weighted by molar-refractivity contribution is -0.141. The van der Waals surface area contributed by atoms with Crippen LogP contribution in [0.15, 0.2) is 30.7 Å². The van der Waals surface area contributed by atoms with E-state index in [-0.39, 0.29) is 0 Å². The maximum atomic E-state index is 10.8. The van der Waals surface area contributed by atoms with E-state index < -0.39 is 11.9 Å². The molecule has 17 heavy (non-hydrogen) atoms. The van der Waals surface area contributed by atoms with E-state index in [4.69, 9.17) is 5.11 Å². The molecule has 0 aliphatic heterocycles. The van der Waals surface area contributed by atoms with Gasteiger partial charge in [0.2, 0.25) is 0 Å². The summed E-state index contributed by atoms with van der Waals surface area (Å²) < 4.78 is 0. The predicted octanol–water partition coefficient (Wildman–Crippen LogP) is 1.73. The number of aromatic nitrogens is 3. The number of nitrogens with one attached hydrogen (secondary N) is 1. The SMILES string of the molecule is CC(Cc1nccc(-c2cc[nH]c2)n1)C(=O)O. The molecule has 1 unspecified atom stereocenters. The summed E-state index contributed by atoms with van der Waals surface area (Å²) >= 11 is 0. The van der Waals surface area contributed by atoms with Crippen molar-refractivity contribution in [2.45, 2.75) is 13.3 Å². The van der Waals surface area contributed by atoms with Gasteiger partial charge in [0, 0.05) is 30.6 Å². The molecule has 0 aliphatic rings. The highest BCUT2D eigenvalue weighted by Crippen LogP contribution is 2.15. The molecule has 2 rings (SSSR count). The van der Waals surface area contributed by atoms with Crippen molar-refractivity contribution in [1.29, 1.82) is 0 Å². The molecule has 0 aliphatic carbocycles. The number of nitrogens with zero attached hydrogens (tertiary/aromatic N) is 2. The van der Waals surface area contributed by atoms with Crippen LogP contribution in [0.3, 0.4) is 0 Å². The fourth-order valence-corrected chi connectivity index (χ4v) is 1.50. The van der Waals surface area contributed by atoms with E-state index in [1.165, 1.54) is 0 Å². The molecule has 0 fully saturated rings. The maximum Gasteiger partial charge on any atom is 0.306 e. The summed E-state index contributed by atoms with van der Waals surface area (Å²) in [4.78, 5) is 22.1. The molecule has 5 nitrogen and oxygen atoms in total. The first-order chi connectivity index (χ1) is 8.16. The lowest BCUT2D eigenvalue weighted by Crippen LogP contribution is -2.14. The maximum absolute atomic E-state index is 10.8. The van der Waals surface area contributed by atoms with Gasteiger partial charge in [-0.05, 0) is 12.1 Å². The first-order valence-corrected chi connectivity index (χ1v) is 5.34. The second-order valence-electron chi connectivity index (χ2n) is 3.90. The van der Waals surface area contributed by atoms with Gasteiger partial charge in [-0.15, -0.1) is 0 Å². The van der Waals surface area contributed by atoms with Crippen LogP contribution in [-0.4, -0.2) is 26.0 Å². The van der Waals surface area contributed by atoms with Crippen molar-refractivity contribution in [1.82, 2.24) is 15.0 Å². The standard InChI is InChI=1S/C12H13N3O2/c1-8(12(16)17)6-11-14-5-3-10(15-11)9-2-4-13-7-9/h2-5,7-8,13H,6H2,1H3,(H,16,17). The van der Waals surface area contributed by atoms with Crippen molar-refractivity contribution in [3.8, 4) is 11.3 Å². The first kappa shape index (κ1) is 11.3. The summed E-state index contributed by atoms with van der Waals surface area (Å²) in [6.07, 6.45) is 5.65. The molecule has 2 aromatic rings. The fraction of sp³-hybridized carbons (Fsp3) is 0.250. The molecule has 0 aromatic carbocycles. The highest BCUT2D eigenvalue weighted by molar-refractivity contribution is 5.69. The molecule has 2 aromatic heterocycles. The molecule has 1 atom stereocenters. The lowest BCUT2D eigenvalue weighted by atomic mass is 10.1. The van der Waals surface area contributed by atoms with Crippen LogP contribution >= 0.6 is 0 Å². The van der Waals surface area contributed by atoms with E-state index in [0.717, 1.165) is 11.3 Å². The van der Waals surface area contributed by atoms with Crippen LogP contribution in [0.25, 0.3) is 11.3 Å². The summed E-state index contributed by atoms with van der Waals surface area (Å²) in [6, 6.07) is 3.71. The average molecular weight is 231 g/mol. The molecular formula is C12H13N3O2. The number of aliphatic carboxylic acids is 1. The monoisotopic (exact) mass is 231 g/mol. The van der Waals surface area contributed by atoms with Gasteiger partial charge >= 0.3 is 5.97 Å². The third-order valence-electron chi connectivity index (χ3n) is 2.51. The van der Waals surface area contributed by atoms with E-state index in [0.29, 0.717) is 12.2 Å². The summed E-state index contributed by atoms with van der Waals surface area (Å²) in [5, 5.41) is 8.84. The van der Waals surface area contributed by atoms with E-state index in [1.807, 2.05) is 18.5 Å².